The van der Waals surface area contributed by atoms with E-state index in [1.807, 2.05) is 29.2 Å². The first-order valence-corrected chi connectivity index (χ1v) is 7.66. The van der Waals surface area contributed by atoms with Crippen molar-refractivity contribution in [2.75, 3.05) is 26.7 Å². The molecule has 0 saturated carbocycles. The lowest BCUT2D eigenvalue weighted by Gasteiger charge is -2.41. The van der Waals surface area contributed by atoms with Gasteiger partial charge in [-0.25, -0.2) is 0 Å². The minimum Gasteiger partial charge on any atom is -0.336 e. The summed E-state index contributed by atoms with van der Waals surface area (Å²) in [7, 11) is 2.08. The number of piperazine rings is 1. The van der Waals surface area contributed by atoms with E-state index in [4.69, 9.17) is 5.73 Å². The van der Waals surface area contributed by atoms with Crippen LogP contribution in [0.3, 0.4) is 0 Å². The van der Waals surface area contributed by atoms with Gasteiger partial charge >= 0.3 is 0 Å². The maximum absolute atomic E-state index is 12.8. The Labute approximate surface area is 153 Å². The summed E-state index contributed by atoms with van der Waals surface area (Å²) in [5, 5.41) is 0. The van der Waals surface area contributed by atoms with E-state index in [1.54, 1.807) is 6.92 Å². The average Bonchev–Trinajstić information content (AvgIpc) is 2.38. The summed E-state index contributed by atoms with van der Waals surface area (Å²) in [5.74, 6) is 0.000391. The van der Waals surface area contributed by atoms with Crippen molar-refractivity contribution in [3.8, 4) is 0 Å². The van der Waals surface area contributed by atoms with E-state index in [0.717, 1.165) is 29.7 Å². The predicted molar refractivity (Wildman–Crippen MR) is 98.8 cm³/mol. The SMILES string of the molecule is CC1CN(C)CCN1C(=O)C(C)(N)c1ccc(Br)cc1.Cl.Cl. The van der Waals surface area contributed by atoms with Crippen LogP contribution in [0.4, 0.5) is 0 Å². The highest BCUT2D eigenvalue weighted by Gasteiger charge is 2.37. The van der Waals surface area contributed by atoms with Crippen LogP contribution < -0.4 is 5.73 Å². The molecular weight excluding hydrogens is 389 g/mol. The molecule has 2 rings (SSSR count). The summed E-state index contributed by atoms with van der Waals surface area (Å²) in [6.45, 7) is 6.39. The van der Waals surface area contributed by atoms with E-state index >= 15 is 0 Å². The Balaban J connectivity index is 0.00000220. The van der Waals surface area contributed by atoms with Crippen LogP contribution in [0, 0.1) is 0 Å². The van der Waals surface area contributed by atoms with E-state index in [1.165, 1.54) is 0 Å². The molecule has 0 bridgehead atoms. The Bertz CT molecular complexity index is 496. The van der Waals surface area contributed by atoms with Crippen LogP contribution in [0.2, 0.25) is 0 Å². The summed E-state index contributed by atoms with van der Waals surface area (Å²) >= 11 is 3.40. The number of benzene rings is 1. The van der Waals surface area contributed by atoms with Crippen LogP contribution in [-0.4, -0.2) is 48.4 Å². The molecule has 1 heterocycles. The zero-order chi connectivity index (χ0) is 14.9. The van der Waals surface area contributed by atoms with Gasteiger partial charge in [-0.05, 0) is 38.6 Å². The van der Waals surface area contributed by atoms with Gasteiger partial charge in [0.05, 0.1) is 0 Å². The predicted octanol–water partition coefficient (Wildman–Crippen LogP) is 2.63. The minimum atomic E-state index is -0.981. The van der Waals surface area contributed by atoms with Gasteiger partial charge in [-0.3, -0.25) is 4.79 Å². The third-order valence-corrected chi connectivity index (χ3v) is 4.51. The maximum Gasteiger partial charge on any atom is 0.247 e. The van der Waals surface area contributed by atoms with Crippen molar-refractivity contribution in [1.29, 1.82) is 0 Å². The summed E-state index contributed by atoms with van der Waals surface area (Å²) in [6.07, 6.45) is 0. The van der Waals surface area contributed by atoms with E-state index in [-0.39, 0.29) is 36.8 Å². The Morgan fingerprint density at radius 3 is 2.32 bits per heavy atom. The Morgan fingerprint density at radius 1 is 1.27 bits per heavy atom. The van der Waals surface area contributed by atoms with Crippen LogP contribution in [0.25, 0.3) is 0 Å². The highest BCUT2D eigenvalue weighted by atomic mass is 79.9. The summed E-state index contributed by atoms with van der Waals surface area (Å²) in [5.41, 5.74) is 6.20. The molecule has 2 N–H and O–H groups in total. The van der Waals surface area contributed by atoms with Gasteiger partial charge in [0.1, 0.15) is 5.54 Å². The van der Waals surface area contributed by atoms with Gasteiger partial charge in [-0.2, -0.15) is 0 Å². The lowest BCUT2D eigenvalue weighted by molar-refractivity contribution is -0.141. The number of carbonyl (C=O) groups is 1. The number of carbonyl (C=O) groups excluding carboxylic acids is 1. The van der Waals surface area contributed by atoms with E-state index < -0.39 is 5.54 Å². The quantitative estimate of drug-likeness (QED) is 0.812. The number of nitrogens with zero attached hydrogens (tertiary/aromatic N) is 2. The molecule has 7 heteroatoms. The zero-order valence-electron chi connectivity index (χ0n) is 13.1. The third kappa shape index (κ3) is 4.59. The minimum absolute atomic E-state index is 0. The number of amides is 1. The van der Waals surface area contributed by atoms with Gasteiger partial charge in [-0.15, -0.1) is 24.8 Å². The van der Waals surface area contributed by atoms with Crippen LogP contribution in [0.5, 0.6) is 0 Å². The highest BCUT2D eigenvalue weighted by Crippen LogP contribution is 2.24. The van der Waals surface area contributed by atoms with Crippen LogP contribution in [0.15, 0.2) is 28.7 Å². The van der Waals surface area contributed by atoms with Crippen molar-refractivity contribution in [1.82, 2.24) is 9.80 Å². The molecule has 1 aromatic rings. The molecule has 4 nitrogen and oxygen atoms in total. The van der Waals surface area contributed by atoms with Crippen molar-refractivity contribution in [2.45, 2.75) is 25.4 Å². The van der Waals surface area contributed by atoms with Gasteiger partial charge < -0.3 is 15.5 Å². The molecule has 2 unspecified atom stereocenters. The molecule has 0 aliphatic carbocycles. The number of rotatable bonds is 2. The smallest absolute Gasteiger partial charge is 0.247 e. The molecule has 22 heavy (non-hydrogen) atoms. The number of halogens is 3. The zero-order valence-corrected chi connectivity index (χ0v) is 16.3. The van der Waals surface area contributed by atoms with Crippen molar-refractivity contribution in [3.05, 3.63) is 34.3 Å². The van der Waals surface area contributed by atoms with Gasteiger partial charge in [0.25, 0.3) is 0 Å². The molecule has 126 valence electrons. The fourth-order valence-corrected chi connectivity index (χ4v) is 2.92. The lowest BCUT2D eigenvalue weighted by Crippen LogP contribution is -2.59. The molecular formula is C15H24BrCl2N3O. The van der Waals surface area contributed by atoms with Gasteiger partial charge in [-0.1, -0.05) is 28.1 Å². The first-order chi connectivity index (χ1) is 9.32. The van der Waals surface area contributed by atoms with E-state index in [2.05, 4.69) is 34.8 Å². The van der Waals surface area contributed by atoms with Crippen LogP contribution in [0.1, 0.15) is 19.4 Å². The molecule has 1 saturated heterocycles. The summed E-state index contributed by atoms with van der Waals surface area (Å²) in [6, 6.07) is 7.84. The number of hydrogen-bond acceptors (Lipinski definition) is 3. The monoisotopic (exact) mass is 411 g/mol. The second-order valence-electron chi connectivity index (χ2n) is 5.82. The largest absolute Gasteiger partial charge is 0.336 e. The summed E-state index contributed by atoms with van der Waals surface area (Å²) in [4.78, 5) is 16.9. The normalized spacial score (nSPS) is 21.3. The summed E-state index contributed by atoms with van der Waals surface area (Å²) < 4.78 is 0.984. The fourth-order valence-electron chi connectivity index (χ4n) is 2.66. The Hall–Kier alpha value is -0.330. The molecule has 0 aromatic heterocycles. The molecule has 1 amide bonds. The second-order valence-corrected chi connectivity index (χ2v) is 6.73. The first-order valence-electron chi connectivity index (χ1n) is 6.87. The molecule has 1 fully saturated rings. The van der Waals surface area contributed by atoms with Crippen molar-refractivity contribution in [2.24, 2.45) is 5.73 Å². The number of hydrogen-bond donors (Lipinski definition) is 1. The van der Waals surface area contributed by atoms with Crippen molar-refractivity contribution < 1.29 is 4.79 Å². The van der Waals surface area contributed by atoms with E-state index in [0.29, 0.717) is 0 Å². The standard InChI is InChI=1S/C15H22BrN3O.2ClH/c1-11-10-18(3)8-9-19(11)14(20)15(2,17)12-4-6-13(16)7-5-12;;/h4-7,11H,8-10,17H2,1-3H3;2*1H. The average molecular weight is 413 g/mol. The molecule has 0 radical (unpaired) electrons. The fraction of sp³-hybridized carbons (Fsp3) is 0.533. The molecule has 2 atom stereocenters. The van der Waals surface area contributed by atoms with Gasteiger partial charge in [0.15, 0.2) is 0 Å². The molecule has 1 aliphatic heterocycles. The van der Waals surface area contributed by atoms with Gasteiger partial charge in [0, 0.05) is 30.1 Å². The number of likely N-dealkylation sites (N-methyl/N-ethyl adjacent to an activating group) is 1. The van der Waals surface area contributed by atoms with E-state index in [9.17, 15) is 4.79 Å². The van der Waals surface area contributed by atoms with Crippen LogP contribution in [-0.2, 0) is 10.3 Å². The Morgan fingerprint density at radius 2 is 1.82 bits per heavy atom. The molecule has 1 aromatic carbocycles. The first kappa shape index (κ1) is 21.7. The van der Waals surface area contributed by atoms with Crippen LogP contribution >= 0.6 is 40.7 Å². The number of nitrogens with two attached hydrogens (primary N) is 1. The Kier molecular flexibility index (Phi) is 8.37. The van der Waals surface area contributed by atoms with Gasteiger partial charge in [0.2, 0.25) is 5.91 Å². The second kappa shape index (κ2) is 8.50. The maximum atomic E-state index is 12.8. The topological polar surface area (TPSA) is 49.6 Å². The highest BCUT2D eigenvalue weighted by molar-refractivity contribution is 9.10. The lowest BCUT2D eigenvalue weighted by atomic mass is 9.91. The molecule has 0 spiro atoms. The van der Waals surface area contributed by atoms with Crippen molar-refractivity contribution >= 4 is 46.7 Å². The van der Waals surface area contributed by atoms with Crippen molar-refractivity contribution in [3.63, 3.8) is 0 Å². The third-order valence-electron chi connectivity index (χ3n) is 3.98. The molecule has 1 aliphatic rings.